The van der Waals surface area contributed by atoms with Crippen molar-refractivity contribution >= 4 is 28.9 Å². The molecule has 1 saturated carbocycles. The Bertz CT molecular complexity index is 1180. The molecule has 10 heteroatoms. The number of rotatable bonds is 5. The smallest absolute Gasteiger partial charge is 0.252 e. The standard InChI is InChI=1S/C21H21N9O/c22-12-13-10-16(19(24)31)21(29-20(13)28-18-7-2-1-6-17(18)23)27-14-4-3-5-15(11-14)30-25-8-9-26-30/h3-5,8-11,17H,1-2,6-7,23H2,(H2,24,31)(H,27,29)/t17-/m0/s1. The normalized spacial score (nSPS) is 17.3. The number of nitrogens with two attached hydrogens (primary N) is 2. The first-order valence-corrected chi connectivity index (χ1v) is 9.87. The van der Waals surface area contributed by atoms with Gasteiger partial charge in [0, 0.05) is 17.4 Å². The molecule has 0 aliphatic heterocycles. The SMILES string of the molecule is N#Cc1cc(C(N)=O)c(Nc2cccc(-n3nccn3)c2)nc1N=C1CCCC[C@@H]1N. The number of nitriles is 1. The van der Waals surface area contributed by atoms with Crippen molar-refractivity contribution in [1.82, 2.24) is 20.0 Å². The summed E-state index contributed by atoms with van der Waals surface area (Å²) in [5.74, 6) is -0.280. The van der Waals surface area contributed by atoms with Gasteiger partial charge >= 0.3 is 0 Å². The predicted octanol–water partition coefficient (Wildman–Crippen LogP) is 2.35. The zero-order valence-corrected chi connectivity index (χ0v) is 16.7. The average Bonchev–Trinajstić information content (AvgIpc) is 3.31. The summed E-state index contributed by atoms with van der Waals surface area (Å²) in [4.78, 5) is 22.5. The maximum atomic E-state index is 12.0. The number of pyridine rings is 1. The number of aromatic nitrogens is 4. The minimum absolute atomic E-state index is 0.0936. The zero-order valence-electron chi connectivity index (χ0n) is 16.7. The van der Waals surface area contributed by atoms with Gasteiger partial charge in [-0.2, -0.15) is 20.3 Å². The topological polar surface area (TPSA) is 161 Å². The fourth-order valence-corrected chi connectivity index (χ4v) is 3.45. The second-order valence-corrected chi connectivity index (χ2v) is 7.18. The largest absolute Gasteiger partial charge is 0.365 e. The highest BCUT2D eigenvalue weighted by molar-refractivity contribution is 5.99. The highest BCUT2D eigenvalue weighted by Gasteiger charge is 2.20. The lowest BCUT2D eigenvalue weighted by molar-refractivity contribution is 0.100. The van der Waals surface area contributed by atoms with Crippen LogP contribution in [-0.4, -0.2) is 37.6 Å². The molecule has 4 rings (SSSR count). The lowest BCUT2D eigenvalue weighted by Crippen LogP contribution is -2.33. The zero-order chi connectivity index (χ0) is 21.8. The van der Waals surface area contributed by atoms with Crippen LogP contribution in [0, 0.1) is 11.3 Å². The first-order chi connectivity index (χ1) is 15.0. The number of primary amides is 1. The molecule has 1 fully saturated rings. The number of hydrogen-bond acceptors (Lipinski definition) is 8. The van der Waals surface area contributed by atoms with Gasteiger partial charge in [0.15, 0.2) is 5.82 Å². The van der Waals surface area contributed by atoms with E-state index in [1.54, 1.807) is 24.5 Å². The van der Waals surface area contributed by atoms with Crippen LogP contribution >= 0.6 is 0 Å². The number of hydrogen-bond donors (Lipinski definition) is 3. The van der Waals surface area contributed by atoms with Crippen LogP contribution in [0.25, 0.3) is 5.69 Å². The number of nitrogens with zero attached hydrogens (tertiary/aromatic N) is 6. The van der Waals surface area contributed by atoms with Crippen molar-refractivity contribution in [2.45, 2.75) is 31.7 Å². The van der Waals surface area contributed by atoms with Crippen LogP contribution in [0.1, 0.15) is 41.6 Å². The molecular formula is C21H21N9O. The number of amides is 1. The molecular weight excluding hydrogens is 394 g/mol. The highest BCUT2D eigenvalue weighted by atomic mass is 16.1. The summed E-state index contributed by atoms with van der Waals surface area (Å²) in [6.45, 7) is 0. The summed E-state index contributed by atoms with van der Waals surface area (Å²) in [5, 5.41) is 20.9. The van der Waals surface area contributed by atoms with Crippen molar-refractivity contribution in [1.29, 1.82) is 5.26 Å². The van der Waals surface area contributed by atoms with E-state index in [0.717, 1.165) is 37.1 Å². The molecule has 0 bridgehead atoms. The van der Waals surface area contributed by atoms with Crippen molar-refractivity contribution in [3.05, 3.63) is 53.9 Å². The summed E-state index contributed by atoms with van der Waals surface area (Å²) in [5.41, 5.74) is 14.1. The molecule has 0 saturated heterocycles. The number of carbonyl (C=O) groups is 1. The van der Waals surface area contributed by atoms with Crippen molar-refractivity contribution < 1.29 is 4.79 Å². The summed E-state index contributed by atoms with van der Waals surface area (Å²) in [6, 6.07) is 10.6. The van der Waals surface area contributed by atoms with E-state index in [9.17, 15) is 10.1 Å². The van der Waals surface area contributed by atoms with Gasteiger partial charge in [-0.3, -0.25) is 4.79 Å². The number of anilines is 2. The molecule has 1 aliphatic rings. The molecule has 2 heterocycles. The fraction of sp³-hybridized carbons (Fsp3) is 0.238. The summed E-state index contributed by atoms with van der Waals surface area (Å²) in [6.07, 6.45) is 6.80. The minimum atomic E-state index is -0.704. The van der Waals surface area contributed by atoms with Crippen LogP contribution in [0.5, 0.6) is 0 Å². The summed E-state index contributed by atoms with van der Waals surface area (Å²) < 4.78 is 0. The monoisotopic (exact) mass is 415 g/mol. The predicted molar refractivity (Wildman–Crippen MR) is 116 cm³/mol. The van der Waals surface area contributed by atoms with Crippen LogP contribution in [0.4, 0.5) is 17.3 Å². The Kier molecular flexibility index (Phi) is 5.68. The van der Waals surface area contributed by atoms with Gasteiger partial charge in [-0.1, -0.05) is 12.5 Å². The number of nitrogens with one attached hydrogen (secondary N) is 1. The van der Waals surface area contributed by atoms with Gasteiger partial charge in [0.05, 0.1) is 29.2 Å². The lowest BCUT2D eigenvalue weighted by atomic mass is 9.94. The first kappa shape index (κ1) is 20.2. The molecule has 31 heavy (non-hydrogen) atoms. The van der Waals surface area contributed by atoms with E-state index >= 15 is 0 Å². The summed E-state index contributed by atoms with van der Waals surface area (Å²) in [7, 11) is 0. The van der Waals surface area contributed by atoms with Crippen molar-refractivity contribution in [2.24, 2.45) is 16.5 Å². The van der Waals surface area contributed by atoms with E-state index in [0.29, 0.717) is 5.69 Å². The van der Waals surface area contributed by atoms with Gasteiger partial charge in [0.1, 0.15) is 11.9 Å². The Hall–Kier alpha value is -4.10. The van der Waals surface area contributed by atoms with E-state index in [1.165, 1.54) is 10.9 Å². The summed E-state index contributed by atoms with van der Waals surface area (Å²) >= 11 is 0. The maximum Gasteiger partial charge on any atom is 0.252 e. The van der Waals surface area contributed by atoms with Gasteiger partial charge < -0.3 is 16.8 Å². The number of carbonyl (C=O) groups excluding carboxylic acids is 1. The molecule has 3 aromatic rings. The maximum absolute atomic E-state index is 12.0. The lowest BCUT2D eigenvalue weighted by Gasteiger charge is -2.20. The van der Waals surface area contributed by atoms with Crippen LogP contribution < -0.4 is 16.8 Å². The van der Waals surface area contributed by atoms with Gasteiger partial charge in [0.25, 0.3) is 5.91 Å². The van der Waals surface area contributed by atoms with E-state index in [4.69, 9.17) is 11.5 Å². The Morgan fingerprint density at radius 3 is 2.77 bits per heavy atom. The van der Waals surface area contributed by atoms with Gasteiger partial charge in [-0.05, 0) is 43.5 Å². The van der Waals surface area contributed by atoms with Crippen molar-refractivity contribution in [3.8, 4) is 11.8 Å². The van der Waals surface area contributed by atoms with Crippen LogP contribution in [-0.2, 0) is 0 Å². The number of benzene rings is 1. The molecule has 0 spiro atoms. The fourth-order valence-electron chi connectivity index (χ4n) is 3.45. The number of aliphatic imine (C=N–C) groups is 1. The third kappa shape index (κ3) is 4.41. The highest BCUT2D eigenvalue weighted by Crippen LogP contribution is 2.28. The minimum Gasteiger partial charge on any atom is -0.365 e. The van der Waals surface area contributed by atoms with E-state index in [-0.39, 0.29) is 28.8 Å². The molecule has 10 nitrogen and oxygen atoms in total. The molecule has 1 aliphatic carbocycles. The molecule has 1 aromatic carbocycles. The molecule has 156 valence electrons. The first-order valence-electron chi connectivity index (χ1n) is 9.87. The Morgan fingerprint density at radius 2 is 2.06 bits per heavy atom. The van der Waals surface area contributed by atoms with Gasteiger partial charge in [0.2, 0.25) is 0 Å². The van der Waals surface area contributed by atoms with Crippen LogP contribution in [0.15, 0.2) is 47.7 Å². The second kappa shape index (κ2) is 8.73. The molecule has 5 N–H and O–H groups in total. The molecule has 0 radical (unpaired) electrons. The third-order valence-electron chi connectivity index (χ3n) is 5.02. The molecule has 1 amide bonds. The molecule has 2 aromatic heterocycles. The van der Waals surface area contributed by atoms with Crippen LogP contribution in [0.3, 0.4) is 0 Å². The average molecular weight is 415 g/mol. The Labute approximate surface area is 178 Å². The van der Waals surface area contributed by atoms with E-state index in [2.05, 4.69) is 25.5 Å². The van der Waals surface area contributed by atoms with Crippen LogP contribution in [0.2, 0.25) is 0 Å². The Balaban J connectivity index is 1.74. The van der Waals surface area contributed by atoms with Gasteiger partial charge in [-0.15, -0.1) is 0 Å². The third-order valence-corrected chi connectivity index (χ3v) is 5.02. The van der Waals surface area contributed by atoms with E-state index in [1.807, 2.05) is 18.2 Å². The van der Waals surface area contributed by atoms with Gasteiger partial charge in [-0.25, -0.2) is 9.98 Å². The molecule has 1 atom stereocenters. The van der Waals surface area contributed by atoms with E-state index < -0.39 is 5.91 Å². The molecule has 0 unspecified atom stereocenters. The second-order valence-electron chi connectivity index (χ2n) is 7.18. The Morgan fingerprint density at radius 1 is 1.26 bits per heavy atom. The van der Waals surface area contributed by atoms with Crippen molar-refractivity contribution in [2.75, 3.05) is 5.32 Å². The van der Waals surface area contributed by atoms with Crippen molar-refractivity contribution in [3.63, 3.8) is 0 Å². The quantitative estimate of drug-likeness (QED) is 0.576.